The zero-order valence-corrected chi connectivity index (χ0v) is 8.39. The van der Waals surface area contributed by atoms with Gasteiger partial charge in [0.05, 0.1) is 0 Å². The van der Waals surface area contributed by atoms with Crippen LogP contribution in [-0.2, 0) is 4.79 Å². The highest BCUT2D eigenvalue weighted by atomic mass is 16.2. The summed E-state index contributed by atoms with van der Waals surface area (Å²) in [6.07, 6.45) is 2.30. The van der Waals surface area contributed by atoms with Crippen LogP contribution in [0, 0.1) is 0 Å². The molecular formula is C10H19NO. The molecule has 0 aromatic carbocycles. The maximum atomic E-state index is 11.2. The van der Waals surface area contributed by atoms with Crippen molar-refractivity contribution >= 4 is 5.91 Å². The molecule has 1 aliphatic heterocycles. The van der Waals surface area contributed by atoms with E-state index in [4.69, 9.17) is 0 Å². The van der Waals surface area contributed by atoms with Crippen molar-refractivity contribution in [1.29, 1.82) is 0 Å². The highest BCUT2D eigenvalue weighted by molar-refractivity contribution is 5.92. The van der Waals surface area contributed by atoms with Gasteiger partial charge in [-0.15, -0.1) is 0 Å². The maximum Gasteiger partial charge on any atom is 0.248 e. The van der Waals surface area contributed by atoms with Gasteiger partial charge in [-0.05, 0) is 19.8 Å². The van der Waals surface area contributed by atoms with Crippen LogP contribution in [-0.4, -0.2) is 23.9 Å². The maximum absolute atomic E-state index is 11.2. The summed E-state index contributed by atoms with van der Waals surface area (Å²) in [6.45, 7) is 11.2. The third-order valence-electron chi connectivity index (χ3n) is 1.76. The van der Waals surface area contributed by atoms with E-state index in [0.29, 0.717) is 5.57 Å². The Labute approximate surface area is 75.3 Å². The zero-order chi connectivity index (χ0) is 9.56. The Hall–Kier alpha value is -0.790. The first-order valence-corrected chi connectivity index (χ1v) is 4.66. The van der Waals surface area contributed by atoms with Crippen molar-refractivity contribution in [2.24, 2.45) is 0 Å². The van der Waals surface area contributed by atoms with Gasteiger partial charge < -0.3 is 4.90 Å². The third-order valence-corrected chi connectivity index (χ3v) is 1.76. The Morgan fingerprint density at radius 1 is 1.25 bits per heavy atom. The number of rotatable bonds is 1. The van der Waals surface area contributed by atoms with E-state index in [2.05, 4.69) is 6.58 Å². The second kappa shape index (κ2) is 5.81. The van der Waals surface area contributed by atoms with Crippen LogP contribution in [0.15, 0.2) is 12.2 Å². The molecule has 2 heteroatoms. The van der Waals surface area contributed by atoms with Crippen LogP contribution in [0.5, 0.6) is 0 Å². The molecule has 1 fully saturated rings. The van der Waals surface area contributed by atoms with Gasteiger partial charge in [-0.3, -0.25) is 4.79 Å². The molecule has 0 aromatic heterocycles. The predicted molar refractivity (Wildman–Crippen MR) is 52.0 cm³/mol. The van der Waals surface area contributed by atoms with Gasteiger partial charge in [0, 0.05) is 18.7 Å². The number of amides is 1. The van der Waals surface area contributed by atoms with Crippen LogP contribution in [0.25, 0.3) is 0 Å². The quantitative estimate of drug-likeness (QED) is 0.551. The lowest BCUT2D eigenvalue weighted by Crippen LogP contribution is -2.27. The Bertz CT molecular complexity index is 157. The molecule has 0 atom stereocenters. The molecular weight excluding hydrogens is 150 g/mol. The second-order valence-corrected chi connectivity index (χ2v) is 2.78. The van der Waals surface area contributed by atoms with E-state index in [-0.39, 0.29) is 5.91 Å². The number of hydrogen-bond acceptors (Lipinski definition) is 1. The fourth-order valence-electron chi connectivity index (χ4n) is 1.19. The molecule has 0 bridgehead atoms. The number of likely N-dealkylation sites (tertiary alicyclic amines) is 1. The van der Waals surface area contributed by atoms with E-state index >= 15 is 0 Å². The molecule has 1 saturated heterocycles. The molecule has 70 valence electrons. The van der Waals surface area contributed by atoms with E-state index in [1.54, 1.807) is 6.92 Å². The van der Waals surface area contributed by atoms with Crippen molar-refractivity contribution in [3.63, 3.8) is 0 Å². The lowest BCUT2D eigenvalue weighted by Gasteiger charge is -2.14. The molecule has 0 spiro atoms. The first-order chi connectivity index (χ1) is 5.72. The summed E-state index contributed by atoms with van der Waals surface area (Å²) in [7, 11) is 0. The molecule has 12 heavy (non-hydrogen) atoms. The SMILES string of the molecule is C=C(C)C(=O)N1CCCC1.CC. The Morgan fingerprint density at radius 2 is 1.67 bits per heavy atom. The zero-order valence-electron chi connectivity index (χ0n) is 8.39. The minimum absolute atomic E-state index is 0.123. The third kappa shape index (κ3) is 3.07. The van der Waals surface area contributed by atoms with E-state index in [9.17, 15) is 4.79 Å². The van der Waals surface area contributed by atoms with Crippen molar-refractivity contribution in [2.75, 3.05) is 13.1 Å². The van der Waals surface area contributed by atoms with Gasteiger partial charge in [0.1, 0.15) is 0 Å². The van der Waals surface area contributed by atoms with Gasteiger partial charge in [0.2, 0.25) is 5.91 Å². The molecule has 0 radical (unpaired) electrons. The number of carbonyl (C=O) groups is 1. The van der Waals surface area contributed by atoms with Gasteiger partial charge in [0.25, 0.3) is 0 Å². The van der Waals surface area contributed by atoms with Crippen molar-refractivity contribution in [2.45, 2.75) is 33.6 Å². The molecule has 0 saturated carbocycles. The second-order valence-electron chi connectivity index (χ2n) is 2.78. The van der Waals surface area contributed by atoms with Crippen LogP contribution in [0.1, 0.15) is 33.6 Å². The lowest BCUT2D eigenvalue weighted by molar-refractivity contribution is -0.126. The standard InChI is InChI=1S/C8H13NO.C2H6/c1-7(2)8(10)9-5-3-4-6-9;1-2/h1,3-6H2,2H3;1-2H3. The fraction of sp³-hybridized carbons (Fsp3) is 0.700. The summed E-state index contributed by atoms with van der Waals surface area (Å²) in [6, 6.07) is 0. The van der Waals surface area contributed by atoms with Crippen molar-refractivity contribution in [3.05, 3.63) is 12.2 Å². The van der Waals surface area contributed by atoms with E-state index in [1.165, 1.54) is 0 Å². The van der Waals surface area contributed by atoms with Crippen LogP contribution in [0.3, 0.4) is 0 Å². The molecule has 0 unspecified atom stereocenters. The van der Waals surface area contributed by atoms with Gasteiger partial charge in [-0.2, -0.15) is 0 Å². The number of nitrogens with zero attached hydrogens (tertiary/aromatic N) is 1. The highest BCUT2D eigenvalue weighted by Crippen LogP contribution is 2.09. The molecule has 0 aliphatic carbocycles. The Morgan fingerprint density at radius 3 is 2.00 bits per heavy atom. The van der Waals surface area contributed by atoms with Crippen molar-refractivity contribution < 1.29 is 4.79 Å². The van der Waals surface area contributed by atoms with E-state index < -0.39 is 0 Å². The molecule has 0 aromatic rings. The average molecular weight is 169 g/mol. The molecule has 1 aliphatic rings. The summed E-state index contributed by atoms with van der Waals surface area (Å²) < 4.78 is 0. The number of carbonyl (C=O) groups excluding carboxylic acids is 1. The largest absolute Gasteiger partial charge is 0.339 e. The highest BCUT2D eigenvalue weighted by Gasteiger charge is 2.17. The summed E-state index contributed by atoms with van der Waals surface area (Å²) in [5.74, 6) is 0.123. The molecule has 0 N–H and O–H groups in total. The first kappa shape index (κ1) is 11.2. The summed E-state index contributed by atoms with van der Waals surface area (Å²) in [4.78, 5) is 13.0. The van der Waals surface area contributed by atoms with Crippen LogP contribution in [0.4, 0.5) is 0 Å². The fourth-order valence-corrected chi connectivity index (χ4v) is 1.19. The molecule has 2 nitrogen and oxygen atoms in total. The Kier molecular flexibility index (Phi) is 5.43. The minimum Gasteiger partial charge on any atom is -0.339 e. The summed E-state index contributed by atoms with van der Waals surface area (Å²) in [5.41, 5.74) is 0.655. The predicted octanol–water partition coefficient (Wildman–Crippen LogP) is 2.21. The normalized spacial score (nSPS) is 15.1. The lowest BCUT2D eigenvalue weighted by atomic mass is 10.3. The van der Waals surface area contributed by atoms with Gasteiger partial charge >= 0.3 is 0 Å². The minimum atomic E-state index is 0.123. The Balaban J connectivity index is 0.000000561. The first-order valence-electron chi connectivity index (χ1n) is 4.66. The van der Waals surface area contributed by atoms with Gasteiger partial charge in [-0.25, -0.2) is 0 Å². The molecule has 1 heterocycles. The van der Waals surface area contributed by atoms with E-state index in [1.807, 2.05) is 18.7 Å². The topological polar surface area (TPSA) is 20.3 Å². The van der Waals surface area contributed by atoms with E-state index in [0.717, 1.165) is 25.9 Å². The van der Waals surface area contributed by atoms with Gasteiger partial charge in [0.15, 0.2) is 0 Å². The summed E-state index contributed by atoms with van der Waals surface area (Å²) >= 11 is 0. The van der Waals surface area contributed by atoms with Crippen molar-refractivity contribution in [3.8, 4) is 0 Å². The van der Waals surface area contributed by atoms with Crippen LogP contribution in [0.2, 0.25) is 0 Å². The summed E-state index contributed by atoms with van der Waals surface area (Å²) in [5, 5.41) is 0. The molecule has 1 amide bonds. The average Bonchev–Trinajstić information content (AvgIpc) is 2.58. The smallest absolute Gasteiger partial charge is 0.248 e. The van der Waals surface area contributed by atoms with Crippen molar-refractivity contribution in [1.82, 2.24) is 4.90 Å². The molecule has 1 rings (SSSR count). The monoisotopic (exact) mass is 169 g/mol. The van der Waals surface area contributed by atoms with Gasteiger partial charge in [-0.1, -0.05) is 20.4 Å². The van der Waals surface area contributed by atoms with Crippen LogP contribution < -0.4 is 0 Å². The van der Waals surface area contributed by atoms with Crippen LogP contribution >= 0.6 is 0 Å². The number of hydrogen-bond donors (Lipinski definition) is 0.